The summed E-state index contributed by atoms with van der Waals surface area (Å²) in [5, 5.41) is 2.25. The van der Waals surface area contributed by atoms with Crippen molar-refractivity contribution in [3.05, 3.63) is 0 Å². The van der Waals surface area contributed by atoms with E-state index in [0.29, 0.717) is 0 Å². The Labute approximate surface area is 91.2 Å². The Balaban J connectivity index is 2.22. The van der Waals surface area contributed by atoms with E-state index in [9.17, 15) is 18.0 Å². The molecule has 1 N–H and O–H groups in total. The van der Waals surface area contributed by atoms with Crippen LogP contribution in [0.1, 0.15) is 25.7 Å². The Bertz CT molecular complexity index is 232. The lowest BCUT2D eigenvalue weighted by molar-refractivity contribution is -0.153. The number of rotatable bonds is 3. The van der Waals surface area contributed by atoms with Gasteiger partial charge in [-0.05, 0) is 18.8 Å². The zero-order valence-electron chi connectivity index (χ0n) is 8.11. The van der Waals surface area contributed by atoms with Gasteiger partial charge in [0.15, 0.2) is 0 Å². The zero-order chi connectivity index (χ0) is 11.5. The van der Waals surface area contributed by atoms with Gasteiger partial charge < -0.3 is 5.32 Å². The minimum absolute atomic E-state index is 0.0174. The molecule has 15 heavy (non-hydrogen) atoms. The molecule has 0 aromatic carbocycles. The van der Waals surface area contributed by atoms with Crippen molar-refractivity contribution in [2.45, 2.75) is 37.2 Å². The van der Waals surface area contributed by atoms with Crippen molar-refractivity contribution in [2.24, 2.45) is 5.92 Å². The second-order valence-electron chi connectivity index (χ2n) is 3.80. The number of hydrogen-bond acceptors (Lipinski definition) is 1. The highest BCUT2D eigenvalue weighted by molar-refractivity contribution is 6.20. The summed E-state index contributed by atoms with van der Waals surface area (Å²) in [4.78, 5) is 10.8. The molecule has 0 aromatic rings. The van der Waals surface area contributed by atoms with Crippen LogP contribution in [0, 0.1) is 5.92 Å². The van der Waals surface area contributed by atoms with Gasteiger partial charge >= 0.3 is 6.18 Å². The molecule has 1 aliphatic carbocycles. The Kier molecular flexibility index (Phi) is 4.25. The Hall–Kier alpha value is -0.450. The first-order valence-corrected chi connectivity index (χ1v) is 5.29. The summed E-state index contributed by atoms with van der Waals surface area (Å²) in [6, 6.07) is 0. The van der Waals surface area contributed by atoms with Crippen molar-refractivity contribution in [1.82, 2.24) is 5.32 Å². The van der Waals surface area contributed by atoms with Crippen LogP contribution in [0.2, 0.25) is 0 Å². The van der Waals surface area contributed by atoms with Crippen molar-refractivity contribution in [3.8, 4) is 0 Å². The molecule has 1 aliphatic rings. The van der Waals surface area contributed by atoms with Crippen LogP contribution < -0.4 is 5.32 Å². The summed E-state index contributed by atoms with van der Waals surface area (Å²) in [7, 11) is 0. The zero-order valence-corrected chi connectivity index (χ0v) is 8.87. The molecule has 1 rings (SSSR count). The smallest absolute Gasteiger partial charge is 0.355 e. The van der Waals surface area contributed by atoms with Crippen molar-refractivity contribution in [3.63, 3.8) is 0 Å². The molecule has 2 atom stereocenters. The van der Waals surface area contributed by atoms with Crippen LogP contribution in [0.5, 0.6) is 0 Å². The third kappa shape index (κ3) is 4.73. The molecule has 2 nitrogen and oxygen atoms in total. The van der Waals surface area contributed by atoms with Crippen LogP contribution in [0.15, 0.2) is 0 Å². The molecule has 0 bridgehead atoms. The topological polar surface area (TPSA) is 29.1 Å². The van der Waals surface area contributed by atoms with Crippen molar-refractivity contribution >= 4 is 17.5 Å². The third-order valence-electron chi connectivity index (χ3n) is 2.49. The Morgan fingerprint density at radius 1 is 1.40 bits per heavy atom. The van der Waals surface area contributed by atoms with Crippen LogP contribution in [-0.4, -0.2) is 24.0 Å². The molecule has 88 valence electrons. The van der Waals surface area contributed by atoms with Gasteiger partial charge in [-0.2, -0.15) is 13.2 Å². The van der Waals surface area contributed by atoms with Gasteiger partial charge in [0.1, 0.15) is 6.42 Å². The molecule has 1 saturated carbocycles. The maximum atomic E-state index is 11.8. The summed E-state index contributed by atoms with van der Waals surface area (Å²) in [6.45, 7) is 0.253. The molecule has 1 amide bonds. The van der Waals surface area contributed by atoms with Crippen LogP contribution >= 0.6 is 11.6 Å². The number of carbonyl (C=O) groups is 1. The first-order chi connectivity index (χ1) is 6.88. The van der Waals surface area contributed by atoms with Crippen molar-refractivity contribution in [2.75, 3.05) is 6.54 Å². The van der Waals surface area contributed by atoms with E-state index in [1.807, 2.05) is 0 Å². The van der Waals surface area contributed by atoms with E-state index < -0.39 is 18.5 Å². The van der Waals surface area contributed by atoms with Crippen LogP contribution in [-0.2, 0) is 4.79 Å². The Morgan fingerprint density at radius 2 is 2.07 bits per heavy atom. The maximum Gasteiger partial charge on any atom is 0.397 e. The molecule has 0 aromatic heterocycles. The van der Waals surface area contributed by atoms with Gasteiger partial charge in [-0.15, -0.1) is 11.6 Å². The van der Waals surface area contributed by atoms with Crippen molar-refractivity contribution < 1.29 is 18.0 Å². The highest BCUT2D eigenvalue weighted by atomic mass is 35.5. The average Bonchev–Trinajstić information content (AvgIpc) is 2.44. The first-order valence-electron chi connectivity index (χ1n) is 4.86. The summed E-state index contributed by atoms with van der Waals surface area (Å²) in [6.07, 6.45) is -3.11. The summed E-state index contributed by atoms with van der Waals surface area (Å²) >= 11 is 5.92. The van der Waals surface area contributed by atoms with E-state index in [-0.39, 0.29) is 17.8 Å². The maximum absolute atomic E-state index is 11.8. The molecule has 1 fully saturated rings. The largest absolute Gasteiger partial charge is 0.397 e. The standard InChI is InChI=1S/C9H13ClF3NO/c10-7-3-1-2-6(7)5-14-8(15)4-9(11,12)13/h6-7H,1-5H2,(H,14,15). The predicted octanol–water partition coefficient (Wildman–Crippen LogP) is 2.46. The predicted molar refractivity (Wildman–Crippen MR) is 50.7 cm³/mol. The number of alkyl halides is 4. The fourth-order valence-corrected chi connectivity index (χ4v) is 2.08. The minimum atomic E-state index is -4.43. The number of amides is 1. The number of hydrogen-bond donors (Lipinski definition) is 1. The molecule has 0 saturated heterocycles. The van der Waals surface area contributed by atoms with Gasteiger partial charge in [-0.3, -0.25) is 4.79 Å². The minimum Gasteiger partial charge on any atom is -0.355 e. The molecule has 2 unspecified atom stereocenters. The van der Waals surface area contributed by atoms with Crippen LogP contribution in [0.25, 0.3) is 0 Å². The normalized spacial score (nSPS) is 26.7. The third-order valence-corrected chi connectivity index (χ3v) is 3.06. The van der Waals surface area contributed by atoms with Crippen LogP contribution in [0.4, 0.5) is 13.2 Å². The van der Waals surface area contributed by atoms with Gasteiger partial charge in [-0.25, -0.2) is 0 Å². The van der Waals surface area contributed by atoms with E-state index in [0.717, 1.165) is 19.3 Å². The lowest BCUT2D eigenvalue weighted by Crippen LogP contribution is -2.33. The number of nitrogens with one attached hydrogen (secondary N) is 1. The molecule has 0 aliphatic heterocycles. The van der Waals surface area contributed by atoms with Gasteiger partial charge in [0.25, 0.3) is 0 Å². The highest BCUT2D eigenvalue weighted by Gasteiger charge is 2.32. The van der Waals surface area contributed by atoms with E-state index in [1.165, 1.54) is 0 Å². The number of halogens is 4. The molecule has 0 spiro atoms. The first kappa shape index (κ1) is 12.6. The lowest BCUT2D eigenvalue weighted by Gasteiger charge is -2.14. The van der Waals surface area contributed by atoms with E-state index in [4.69, 9.17) is 11.6 Å². The highest BCUT2D eigenvalue weighted by Crippen LogP contribution is 2.29. The molecular formula is C9H13ClF3NO. The fraction of sp³-hybridized carbons (Fsp3) is 0.889. The van der Waals surface area contributed by atoms with E-state index in [1.54, 1.807) is 0 Å². The van der Waals surface area contributed by atoms with Crippen molar-refractivity contribution in [1.29, 1.82) is 0 Å². The summed E-state index contributed by atoms with van der Waals surface area (Å²) in [5.41, 5.74) is 0. The van der Waals surface area contributed by atoms with E-state index >= 15 is 0 Å². The summed E-state index contributed by atoms with van der Waals surface area (Å²) < 4.78 is 35.4. The van der Waals surface area contributed by atoms with Crippen LogP contribution in [0.3, 0.4) is 0 Å². The monoisotopic (exact) mass is 243 g/mol. The molecule has 6 heteroatoms. The number of carbonyl (C=O) groups excluding carboxylic acids is 1. The average molecular weight is 244 g/mol. The molecule has 0 radical (unpaired) electrons. The molecular weight excluding hydrogens is 231 g/mol. The second-order valence-corrected chi connectivity index (χ2v) is 4.36. The second kappa shape index (κ2) is 5.05. The molecule has 0 heterocycles. The van der Waals surface area contributed by atoms with Gasteiger partial charge in [0.05, 0.1) is 0 Å². The van der Waals surface area contributed by atoms with Gasteiger partial charge in [0, 0.05) is 11.9 Å². The lowest BCUT2D eigenvalue weighted by atomic mass is 10.1. The SMILES string of the molecule is O=C(CC(F)(F)F)NCC1CCCC1Cl. The Morgan fingerprint density at radius 3 is 2.53 bits per heavy atom. The quantitative estimate of drug-likeness (QED) is 0.758. The van der Waals surface area contributed by atoms with Gasteiger partial charge in [-0.1, -0.05) is 6.42 Å². The van der Waals surface area contributed by atoms with Gasteiger partial charge in [0.2, 0.25) is 5.91 Å². The summed E-state index contributed by atoms with van der Waals surface area (Å²) in [5.74, 6) is -0.859. The van der Waals surface area contributed by atoms with E-state index in [2.05, 4.69) is 5.32 Å². The fourth-order valence-electron chi connectivity index (χ4n) is 1.71.